The Morgan fingerprint density at radius 3 is 2.50 bits per heavy atom. The first kappa shape index (κ1) is 11.1. The summed E-state index contributed by atoms with van der Waals surface area (Å²) in [5.74, 6) is -1.26. The van der Waals surface area contributed by atoms with Crippen LogP contribution in [0.25, 0.3) is 0 Å². The first-order valence-electron chi connectivity index (χ1n) is 4.70. The number of halogens is 1. The van der Waals surface area contributed by atoms with Gasteiger partial charge < -0.3 is 10.2 Å². The number of aromatic hydroxyl groups is 1. The molecule has 1 aromatic rings. The van der Waals surface area contributed by atoms with Gasteiger partial charge in [-0.3, -0.25) is 9.59 Å². The molecular formula is C11H9BrO4. The van der Waals surface area contributed by atoms with Gasteiger partial charge in [0.15, 0.2) is 0 Å². The van der Waals surface area contributed by atoms with Crippen LogP contribution >= 0.6 is 15.9 Å². The number of phenolic OH excluding ortho intramolecular Hbond substituents is 1. The van der Waals surface area contributed by atoms with Crippen molar-refractivity contribution < 1.29 is 19.8 Å². The van der Waals surface area contributed by atoms with Crippen molar-refractivity contribution in [3.8, 4) is 5.75 Å². The highest BCUT2D eigenvalue weighted by atomic mass is 79.9. The van der Waals surface area contributed by atoms with Gasteiger partial charge in [-0.15, -0.1) is 0 Å². The van der Waals surface area contributed by atoms with E-state index in [1.54, 1.807) is 18.2 Å². The molecule has 2 rings (SSSR count). The summed E-state index contributed by atoms with van der Waals surface area (Å²) in [7, 11) is 0. The molecule has 2 N–H and O–H groups in total. The smallest absolute Gasteiger partial charge is 0.315 e. The summed E-state index contributed by atoms with van der Waals surface area (Å²) < 4.78 is 0.435. The van der Waals surface area contributed by atoms with Crippen molar-refractivity contribution in [2.45, 2.75) is 18.3 Å². The van der Waals surface area contributed by atoms with E-state index < -0.39 is 11.4 Å². The van der Waals surface area contributed by atoms with Crippen LogP contribution in [0.1, 0.15) is 18.4 Å². The van der Waals surface area contributed by atoms with E-state index >= 15 is 0 Å². The monoisotopic (exact) mass is 284 g/mol. The summed E-state index contributed by atoms with van der Waals surface area (Å²) in [4.78, 5) is 22.3. The Bertz CT molecular complexity index is 473. The number of ketones is 1. The SMILES string of the molecule is O=C1CC(C(=O)O)(c2cccc(Br)c2O)C1. The first-order valence-corrected chi connectivity index (χ1v) is 5.50. The van der Waals surface area contributed by atoms with E-state index in [0.29, 0.717) is 10.0 Å². The number of hydrogen-bond acceptors (Lipinski definition) is 3. The average Bonchev–Trinajstić information content (AvgIpc) is 2.17. The molecule has 1 aromatic carbocycles. The van der Waals surface area contributed by atoms with Crippen molar-refractivity contribution in [1.82, 2.24) is 0 Å². The van der Waals surface area contributed by atoms with Gasteiger partial charge in [-0.2, -0.15) is 0 Å². The highest BCUT2D eigenvalue weighted by molar-refractivity contribution is 9.10. The number of carboxylic acids is 1. The lowest BCUT2D eigenvalue weighted by molar-refractivity contribution is -0.153. The Kier molecular flexibility index (Phi) is 2.50. The van der Waals surface area contributed by atoms with E-state index in [4.69, 9.17) is 0 Å². The van der Waals surface area contributed by atoms with Crippen LogP contribution in [0.5, 0.6) is 5.75 Å². The van der Waals surface area contributed by atoms with Gasteiger partial charge in [0.05, 0.1) is 4.47 Å². The Balaban J connectivity index is 2.53. The molecule has 0 unspecified atom stereocenters. The molecule has 5 heteroatoms. The number of Topliss-reactive ketones (excluding diaryl/α,β-unsaturated/α-hetero) is 1. The summed E-state index contributed by atoms with van der Waals surface area (Å²) in [6.07, 6.45) is -0.0985. The van der Waals surface area contributed by atoms with Gasteiger partial charge in [0.2, 0.25) is 0 Å². The molecule has 0 amide bonds. The van der Waals surface area contributed by atoms with Gasteiger partial charge >= 0.3 is 5.97 Å². The van der Waals surface area contributed by atoms with E-state index in [-0.39, 0.29) is 24.4 Å². The largest absolute Gasteiger partial charge is 0.506 e. The van der Waals surface area contributed by atoms with E-state index in [1.165, 1.54) is 0 Å². The van der Waals surface area contributed by atoms with Crippen LogP contribution in [-0.2, 0) is 15.0 Å². The maximum Gasteiger partial charge on any atom is 0.315 e. The molecule has 16 heavy (non-hydrogen) atoms. The normalized spacial score (nSPS) is 17.9. The lowest BCUT2D eigenvalue weighted by Gasteiger charge is -2.37. The molecule has 1 fully saturated rings. The summed E-state index contributed by atoms with van der Waals surface area (Å²) in [5, 5.41) is 19.0. The Morgan fingerprint density at radius 2 is 2.00 bits per heavy atom. The maximum atomic E-state index is 11.2. The molecule has 0 bridgehead atoms. The van der Waals surface area contributed by atoms with Crippen LogP contribution in [-0.4, -0.2) is 22.0 Å². The maximum absolute atomic E-state index is 11.2. The van der Waals surface area contributed by atoms with E-state index in [2.05, 4.69) is 15.9 Å². The zero-order valence-corrected chi connectivity index (χ0v) is 9.82. The molecule has 1 aliphatic carbocycles. The van der Waals surface area contributed by atoms with Crippen molar-refractivity contribution in [3.05, 3.63) is 28.2 Å². The van der Waals surface area contributed by atoms with E-state index in [9.17, 15) is 19.8 Å². The number of carbonyl (C=O) groups is 2. The molecule has 0 saturated heterocycles. The van der Waals surface area contributed by atoms with Gasteiger partial charge in [0.1, 0.15) is 16.9 Å². The molecule has 1 aliphatic rings. The van der Waals surface area contributed by atoms with Crippen LogP contribution in [0.15, 0.2) is 22.7 Å². The Labute approximate surface area is 100 Å². The van der Waals surface area contributed by atoms with Crippen LogP contribution in [0.3, 0.4) is 0 Å². The molecule has 0 spiro atoms. The van der Waals surface area contributed by atoms with Crippen molar-refractivity contribution in [2.75, 3.05) is 0 Å². The molecule has 84 valence electrons. The number of benzene rings is 1. The van der Waals surface area contributed by atoms with Crippen LogP contribution in [0, 0.1) is 0 Å². The summed E-state index contributed by atoms with van der Waals surface area (Å²) >= 11 is 3.13. The Morgan fingerprint density at radius 1 is 1.38 bits per heavy atom. The number of carboxylic acid groups (broad SMARTS) is 1. The lowest BCUT2D eigenvalue weighted by atomic mass is 9.63. The molecule has 1 saturated carbocycles. The third-order valence-electron chi connectivity index (χ3n) is 2.91. The average molecular weight is 285 g/mol. The van der Waals surface area contributed by atoms with Gasteiger partial charge in [-0.25, -0.2) is 0 Å². The second-order valence-corrected chi connectivity index (χ2v) is 4.77. The predicted molar refractivity (Wildman–Crippen MR) is 59.4 cm³/mol. The summed E-state index contributed by atoms with van der Waals surface area (Å²) in [5.41, 5.74) is -0.945. The number of phenols is 1. The Hall–Kier alpha value is -1.36. The van der Waals surface area contributed by atoms with Gasteiger partial charge in [-0.05, 0) is 22.0 Å². The second kappa shape index (κ2) is 3.59. The van der Waals surface area contributed by atoms with E-state index in [1.807, 2.05) is 0 Å². The zero-order chi connectivity index (χ0) is 11.9. The van der Waals surface area contributed by atoms with Crippen LogP contribution in [0.2, 0.25) is 0 Å². The van der Waals surface area contributed by atoms with Crippen LogP contribution < -0.4 is 0 Å². The number of rotatable bonds is 2. The fraction of sp³-hybridized carbons (Fsp3) is 0.273. The zero-order valence-electron chi connectivity index (χ0n) is 8.24. The standard InChI is InChI=1S/C11H9BrO4/c12-8-3-1-2-7(9(8)14)11(10(15)16)4-6(13)5-11/h1-3,14H,4-5H2,(H,15,16). The number of para-hydroxylation sites is 1. The minimum atomic E-state index is -1.25. The van der Waals surface area contributed by atoms with Gasteiger partial charge in [0, 0.05) is 18.4 Å². The highest BCUT2D eigenvalue weighted by Gasteiger charge is 2.52. The minimum absolute atomic E-state index is 0.0493. The highest BCUT2D eigenvalue weighted by Crippen LogP contribution is 2.46. The fourth-order valence-electron chi connectivity index (χ4n) is 1.98. The second-order valence-electron chi connectivity index (χ2n) is 3.92. The molecule has 0 heterocycles. The first-order chi connectivity index (χ1) is 7.47. The van der Waals surface area contributed by atoms with Crippen molar-refractivity contribution in [3.63, 3.8) is 0 Å². The van der Waals surface area contributed by atoms with Gasteiger partial charge in [-0.1, -0.05) is 12.1 Å². The van der Waals surface area contributed by atoms with E-state index in [0.717, 1.165) is 0 Å². The molecule has 4 nitrogen and oxygen atoms in total. The molecule has 0 radical (unpaired) electrons. The topological polar surface area (TPSA) is 74.6 Å². The third kappa shape index (κ3) is 1.43. The third-order valence-corrected chi connectivity index (χ3v) is 3.55. The summed E-state index contributed by atoms with van der Waals surface area (Å²) in [6, 6.07) is 4.81. The molecular weight excluding hydrogens is 276 g/mol. The molecule has 0 aliphatic heterocycles. The summed E-state index contributed by atoms with van der Waals surface area (Å²) in [6.45, 7) is 0. The van der Waals surface area contributed by atoms with Crippen molar-refractivity contribution in [2.24, 2.45) is 0 Å². The quantitative estimate of drug-likeness (QED) is 0.869. The van der Waals surface area contributed by atoms with Gasteiger partial charge in [0.25, 0.3) is 0 Å². The number of aliphatic carboxylic acids is 1. The van der Waals surface area contributed by atoms with Crippen LogP contribution in [0.4, 0.5) is 0 Å². The minimum Gasteiger partial charge on any atom is -0.506 e. The van der Waals surface area contributed by atoms with Crippen molar-refractivity contribution >= 4 is 27.7 Å². The predicted octanol–water partition coefficient (Wildman–Crippen LogP) is 1.84. The fourth-order valence-corrected chi connectivity index (χ4v) is 2.35. The molecule has 0 atom stereocenters. The lowest BCUT2D eigenvalue weighted by Crippen LogP contribution is -2.48. The number of carbonyl (C=O) groups excluding carboxylic acids is 1. The molecule has 0 aromatic heterocycles. The number of hydrogen-bond donors (Lipinski definition) is 2. The van der Waals surface area contributed by atoms with Crippen molar-refractivity contribution in [1.29, 1.82) is 0 Å².